The van der Waals surface area contributed by atoms with Crippen molar-refractivity contribution in [1.82, 2.24) is 9.19 Å². The van der Waals surface area contributed by atoms with Gasteiger partial charge in [-0.2, -0.15) is 12.7 Å². The van der Waals surface area contributed by atoms with Crippen molar-refractivity contribution in [3.63, 3.8) is 0 Å². The molecule has 0 saturated heterocycles. The largest absolute Gasteiger partial charge is 0.481 e. The molecule has 0 saturated carbocycles. The van der Waals surface area contributed by atoms with Crippen molar-refractivity contribution in [3.8, 4) is 0 Å². The van der Waals surface area contributed by atoms with Crippen LogP contribution in [0.3, 0.4) is 0 Å². The summed E-state index contributed by atoms with van der Waals surface area (Å²) in [7, 11) is -2.45. The van der Waals surface area contributed by atoms with E-state index in [0.717, 1.165) is 4.31 Å². The number of carboxylic acid groups (broad SMARTS) is 1. The van der Waals surface area contributed by atoms with E-state index in [-0.39, 0.29) is 19.6 Å². The van der Waals surface area contributed by atoms with Crippen molar-refractivity contribution in [3.05, 3.63) is 0 Å². The maximum absolute atomic E-state index is 11.2. The number of carbonyl (C=O) groups is 1. The molecule has 84 valence electrons. The van der Waals surface area contributed by atoms with Crippen LogP contribution in [0.15, 0.2) is 0 Å². The molecule has 0 fully saturated rings. The molecule has 8 heteroatoms. The van der Waals surface area contributed by atoms with Crippen LogP contribution in [0, 0.1) is 0 Å². The molecular formula is C6H14N2O5S. The van der Waals surface area contributed by atoms with Gasteiger partial charge < -0.3 is 5.11 Å². The van der Waals surface area contributed by atoms with Crippen LogP contribution < -0.4 is 4.89 Å². The first-order chi connectivity index (χ1) is 6.40. The van der Waals surface area contributed by atoms with E-state index < -0.39 is 16.2 Å². The molecular weight excluding hydrogens is 212 g/mol. The van der Waals surface area contributed by atoms with E-state index in [9.17, 15) is 13.2 Å². The average molecular weight is 226 g/mol. The Balaban J connectivity index is 4.08. The Morgan fingerprint density at radius 3 is 2.57 bits per heavy atom. The minimum absolute atomic E-state index is 0.0995. The minimum Gasteiger partial charge on any atom is -0.481 e. The maximum atomic E-state index is 11.2. The molecule has 0 spiro atoms. The predicted molar refractivity (Wildman–Crippen MR) is 48.6 cm³/mol. The molecule has 0 heterocycles. The van der Waals surface area contributed by atoms with Crippen molar-refractivity contribution in [2.45, 2.75) is 13.3 Å². The quantitative estimate of drug-likeness (QED) is 0.553. The SMILES string of the molecule is CCONS(=O)(=O)N(C)CCC(=O)O. The van der Waals surface area contributed by atoms with Crippen molar-refractivity contribution in [2.75, 3.05) is 20.2 Å². The van der Waals surface area contributed by atoms with Gasteiger partial charge in [0.05, 0.1) is 13.0 Å². The van der Waals surface area contributed by atoms with Crippen LogP contribution in [0.4, 0.5) is 0 Å². The summed E-state index contributed by atoms with van der Waals surface area (Å²) < 4.78 is 23.3. The van der Waals surface area contributed by atoms with Gasteiger partial charge in [0, 0.05) is 13.6 Å². The summed E-state index contributed by atoms with van der Waals surface area (Å²) in [5, 5.41) is 8.33. The third-order valence-electron chi connectivity index (χ3n) is 1.36. The highest BCUT2D eigenvalue weighted by Crippen LogP contribution is 1.95. The lowest BCUT2D eigenvalue weighted by atomic mass is 10.4. The zero-order valence-corrected chi connectivity index (χ0v) is 8.87. The second-order valence-electron chi connectivity index (χ2n) is 2.49. The van der Waals surface area contributed by atoms with Gasteiger partial charge in [0.15, 0.2) is 0 Å². The molecule has 0 aromatic rings. The van der Waals surface area contributed by atoms with Crippen LogP contribution in [0.5, 0.6) is 0 Å². The Morgan fingerprint density at radius 2 is 2.14 bits per heavy atom. The van der Waals surface area contributed by atoms with Crippen LogP contribution >= 0.6 is 0 Å². The topological polar surface area (TPSA) is 95.9 Å². The average Bonchev–Trinajstić information content (AvgIpc) is 2.10. The highest BCUT2D eigenvalue weighted by molar-refractivity contribution is 7.86. The lowest BCUT2D eigenvalue weighted by Gasteiger charge is -2.15. The molecule has 0 unspecified atom stereocenters. The lowest BCUT2D eigenvalue weighted by Crippen LogP contribution is -2.39. The normalized spacial score (nSPS) is 11.9. The number of rotatable bonds is 7. The molecule has 0 amide bonds. The number of hydrogen-bond donors (Lipinski definition) is 2. The van der Waals surface area contributed by atoms with Crippen molar-refractivity contribution in [2.24, 2.45) is 0 Å². The van der Waals surface area contributed by atoms with Gasteiger partial charge in [-0.05, 0) is 6.92 Å². The van der Waals surface area contributed by atoms with Crippen LogP contribution in [0.2, 0.25) is 0 Å². The van der Waals surface area contributed by atoms with E-state index in [1.807, 2.05) is 4.89 Å². The summed E-state index contributed by atoms with van der Waals surface area (Å²) in [6.07, 6.45) is -0.246. The third kappa shape index (κ3) is 5.12. The molecule has 0 bridgehead atoms. The number of hydrogen-bond acceptors (Lipinski definition) is 4. The van der Waals surface area contributed by atoms with Gasteiger partial charge in [-0.25, -0.2) is 0 Å². The smallest absolute Gasteiger partial charge is 0.304 e. The monoisotopic (exact) mass is 226 g/mol. The molecule has 0 atom stereocenters. The van der Waals surface area contributed by atoms with Gasteiger partial charge in [-0.15, -0.1) is 0 Å². The summed E-state index contributed by atoms with van der Waals surface area (Å²) >= 11 is 0. The second kappa shape index (κ2) is 5.91. The minimum atomic E-state index is -3.72. The van der Waals surface area contributed by atoms with E-state index >= 15 is 0 Å². The van der Waals surface area contributed by atoms with Gasteiger partial charge in [-0.3, -0.25) is 9.63 Å². The first-order valence-corrected chi connectivity index (χ1v) is 5.40. The number of nitrogens with one attached hydrogen (secondary N) is 1. The van der Waals surface area contributed by atoms with E-state index in [1.165, 1.54) is 7.05 Å². The molecule has 14 heavy (non-hydrogen) atoms. The van der Waals surface area contributed by atoms with Gasteiger partial charge in [0.2, 0.25) is 0 Å². The number of aliphatic carboxylic acids is 1. The Morgan fingerprint density at radius 1 is 1.57 bits per heavy atom. The molecule has 0 aromatic heterocycles. The first-order valence-electron chi connectivity index (χ1n) is 3.96. The first kappa shape index (κ1) is 13.3. The van der Waals surface area contributed by atoms with Gasteiger partial charge >= 0.3 is 16.2 Å². The van der Waals surface area contributed by atoms with Gasteiger partial charge in [0.25, 0.3) is 0 Å². The van der Waals surface area contributed by atoms with Crippen LogP contribution in [-0.4, -0.2) is 44.0 Å². The van der Waals surface area contributed by atoms with Gasteiger partial charge in [0.1, 0.15) is 0 Å². The zero-order chi connectivity index (χ0) is 11.2. The van der Waals surface area contributed by atoms with E-state index in [2.05, 4.69) is 4.84 Å². The Hall–Kier alpha value is -0.700. The summed E-state index contributed by atoms with van der Waals surface area (Å²) in [5.74, 6) is -1.05. The molecule has 0 aliphatic carbocycles. The molecule has 0 rings (SSSR count). The zero-order valence-electron chi connectivity index (χ0n) is 8.06. The van der Waals surface area contributed by atoms with Crippen LogP contribution in [0.1, 0.15) is 13.3 Å². The molecule has 0 aliphatic heterocycles. The second-order valence-corrected chi connectivity index (χ2v) is 4.23. The van der Waals surface area contributed by atoms with Crippen molar-refractivity contribution >= 4 is 16.2 Å². The summed E-state index contributed by atoms with van der Waals surface area (Å²) in [6.45, 7) is 1.73. The Labute approximate surface area is 82.8 Å². The molecule has 0 radical (unpaired) electrons. The Kier molecular flexibility index (Phi) is 5.62. The summed E-state index contributed by atoms with van der Waals surface area (Å²) in [4.78, 5) is 16.5. The third-order valence-corrected chi connectivity index (χ3v) is 2.69. The maximum Gasteiger partial charge on any atom is 0.304 e. The van der Waals surface area contributed by atoms with Gasteiger partial charge in [-0.1, -0.05) is 4.89 Å². The van der Waals surface area contributed by atoms with Crippen molar-refractivity contribution < 1.29 is 23.2 Å². The molecule has 0 aliphatic rings. The molecule has 7 nitrogen and oxygen atoms in total. The lowest BCUT2D eigenvalue weighted by molar-refractivity contribution is -0.137. The van der Waals surface area contributed by atoms with Crippen LogP contribution in [0.25, 0.3) is 0 Å². The van der Waals surface area contributed by atoms with Crippen LogP contribution in [-0.2, 0) is 19.8 Å². The standard InChI is InChI=1S/C6H14N2O5S/c1-3-13-7-14(11,12)8(2)5-4-6(9)10/h7H,3-5H2,1-2H3,(H,9,10). The van der Waals surface area contributed by atoms with Crippen molar-refractivity contribution in [1.29, 1.82) is 0 Å². The highest BCUT2D eigenvalue weighted by Gasteiger charge is 2.17. The number of carboxylic acids is 1. The fourth-order valence-electron chi connectivity index (χ4n) is 0.570. The molecule has 2 N–H and O–H groups in total. The summed E-state index contributed by atoms with van der Waals surface area (Å²) in [6, 6.07) is 0. The molecule has 0 aromatic carbocycles. The van der Waals surface area contributed by atoms with E-state index in [4.69, 9.17) is 5.11 Å². The summed E-state index contributed by atoms with van der Waals surface area (Å²) in [5.41, 5.74) is 0. The van der Waals surface area contributed by atoms with E-state index in [0.29, 0.717) is 0 Å². The predicted octanol–water partition coefficient (Wildman–Crippen LogP) is -0.821. The van der Waals surface area contributed by atoms with E-state index in [1.54, 1.807) is 6.92 Å². The highest BCUT2D eigenvalue weighted by atomic mass is 32.2. The fourth-order valence-corrected chi connectivity index (χ4v) is 1.30. The fraction of sp³-hybridized carbons (Fsp3) is 0.833. The Bertz CT molecular complexity index is 276. The number of nitrogens with zero attached hydrogens (tertiary/aromatic N) is 1.